The summed E-state index contributed by atoms with van der Waals surface area (Å²) in [5.74, 6) is -0.824. The predicted molar refractivity (Wildman–Crippen MR) is 63.6 cm³/mol. The molecule has 0 spiro atoms. The third-order valence-corrected chi connectivity index (χ3v) is 2.12. The molecule has 17 heavy (non-hydrogen) atoms. The van der Waals surface area contributed by atoms with Gasteiger partial charge in [0.25, 0.3) is 5.91 Å². The third kappa shape index (κ3) is 4.20. The molecule has 6 nitrogen and oxygen atoms in total. The van der Waals surface area contributed by atoms with E-state index in [0.29, 0.717) is 13.1 Å². The summed E-state index contributed by atoms with van der Waals surface area (Å²) in [6, 6.07) is 2.96. The van der Waals surface area contributed by atoms with Crippen molar-refractivity contribution in [1.82, 2.24) is 15.6 Å². The van der Waals surface area contributed by atoms with Gasteiger partial charge in [-0.2, -0.15) is 0 Å². The Hall–Kier alpha value is -1.95. The molecule has 0 bridgehead atoms. The summed E-state index contributed by atoms with van der Waals surface area (Å²) in [6.45, 7) is 4.10. The zero-order valence-corrected chi connectivity index (χ0v) is 9.69. The molecule has 1 heterocycles. The summed E-state index contributed by atoms with van der Waals surface area (Å²) in [4.78, 5) is 26.2. The van der Waals surface area contributed by atoms with E-state index in [1.165, 1.54) is 18.3 Å². The van der Waals surface area contributed by atoms with E-state index >= 15 is 0 Å². The highest BCUT2D eigenvalue weighted by Crippen LogP contribution is 1.99. The molecule has 0 aliphatic rings. The van der Waals surface area contributed by atoms with Crippen molar-refractivity contribution < 1.29 is 9.59 Å². The molecule has 6 heteroatoms. The number of nitrogens with one attached hydrogen (secondary N) is 2. The minimum atomic E-state index is -0.559. The number of amides is 2. The lowest BCUT2D eigenvalue weighted by Gasteiger charge is -2.05. The molecule has 0 radical (unpaired) electrons. The topological polar surface area (TPSA) is 97.1 Å². The second-order valence-electron chi connectivity index (χ2n) is 3.41. The Bertz CT molecular complexity index is 389. The van der Waals surface area contributed by atoms with Crippen LogP contribution in [0.5, 0.6) is 0 Å². The van der Waals surface area contributed by atoms with Crippen molar-refractivity contribution in [2.24, 2.45) is 5.73 Å². The lowest BCUT2D eigenvalue weighted by molar-refractivity contribution is 0.0946. The van der Waals surface area contributed by atoms with Gasteiger partial charge in [-0.15, -0.1) is 0 Å². The maximum Gasteiger partial charge on any atom is 0.269 e. The standard InChI is InChI=1S/C11H16N4O2/c1-2-13-5-6-14-11(17)9-4-3-8(7-15-9)10(12)16/h3-4,7,13H,2,5-6H2,1H3,(H2,12,16)(H,14,17). The Morgan fingerprint density at radius 1 is 1.35 bits per heavy atom. The number of aromatic nitrogens is 1. The number of hydrogen-bond acceptors (Lipinski definition) is 4. The van der Waals surface area contributed by atoms with Crippen molar-refractivity contribution in [2.75, 3.05) is 19.6 Å². The second-order valence-corrected chi connectivity index (χ2v) is 3.41. The largest absolute Gasteiger partial charge is 0.366 e. The van der Waals surface area contributed by atoms with Crippen molar-refractivity contribution in [3.63, 3.8) is 0 Å². The minimum Gasteiger partial charge on any atom is -0.366 e. The Balaban J connectivity index is 2.49. The average Bonchev–Trinajstić information content (AvgIpc) is 2.34. The van der Waals surface area contributed by atoms with Crippen LogP contribution in [0.3, 0.4) is 0 Å². The van der Waals surface area contributed by atoms with E-state index in [0.717, 1.165) is 6.54 Å². The molecule has 0 aromatic carbocycles. The second kappa shape index (κ2) is 6.59. The number of pyridine rings is 1. The van der Waals surface area contributed by atoms with Crippen LogP contribution in [0.4, 0.5) is 0 Å². The first-order valence-electron chi connectivity index (χ1n) is 5.40. The van der Waals surface area contributed by atoms with Gasteiger partial charge >= 0.3 is 0 Å². The van der Waals surface area contributed by atoms with Crippen molar-refractivity contribution in [3.05, 3.63) is 29.6 Å². The van der Waals surface area contributed by atoms with Crippen molar-refractivity contribution in [1.29, 1.82) is 0 Å². The van der Waals surface area contributed by atoms with E-state index in [-0.39, 0.29) is 17.2 Å². The maximum absolute atomic E-state index is 11.6. The molecule has 0 saturated carbocycles. The van der Waals surface area contributed by atoms with Gasteiger partial charge in [0.1, 0.15) is 5.69 Å². The molecule has 0 aliphatic carbocycles. The van der Waals surface area contributed by atoms with Crippen molar-refractivity contribution in [3.8, 4) is 0 Å². The third-order valence-electron chi connectivity index (χ3n) is 2.12. The molecule has 92 valence electrons. The first-order valence-corrected chi connectivity index (χ1v) is 5.40. The molecule has 0 saturated heterocycles. The summed E-state index contributed by atoms with van der Waals surface area (Å²) < 4.78 is 0. The van der Waals surface area contributed by atoms with Crippen LogP contribution in [0.25, 0.3) is 0 Å². The molecule has 0 atom stereocenters. The van der Waals surface area contributed by atoms with Crippen molar-refractivity contribution in [2.45, 2.75) is 6.92 Å². The predicted octanol–water partition coefficient (Wildman–Crippen LogP) is -0.480. The van der Waals surface area contributed by atoms with Gasteiger partial charge in [0.15, 0.2) is 0 Å². The van der Waals surface area contributed by atoms with Crippen molar-refractivity contribution >= 4 is 11.8 Å². The van der Waals surface area contributed by atoms with Crippen LogP contribution in [0.2, 0.25) is 0 Å². The first kappa shape index (κ1) is 13.1. The molecule has 1 aromatic rings. The highest BCUT2D eigenvalue weighted by Gasteiger charge is 2.07. The maximum atomic E-state index is 11.6. The zero-order valence-electron chi connectivity index (χ0n) is 9.69. The van der Waals surface area contributed by atoms with Crippen LogP contribution in [0.1, 0.15) is 27.8 Å². The highest BCUT2D eigenvalue weighted by molar-refractivity contribution is 5.95. The average molecular weight is 236 g/mol. The fourth-order valence-corrected chi connectivity index (χ4v) is 1.21. The molecule has 1 aromatic heterocycles. The van der Waals surface area contributed by atoms with Gasteiger partial charge in [-0.25, -0.2) is 0 Å². The molecule has 1 rings (SSSR count). The molecular formula is C11H16N4O2. The van der Waals surface area contributed by atoms with Crippen LogP contribution in [-0.2, 0) is 0 Å². The van der Waals surface area contributed by atoms with E-state index in [1.807, 2.05) is 6.92 Å². The highest BCUT2D eigenvalue weighted by atomic mass is 16.2. The smallest absolute Gasteiger partial charge is 0.269 e. The summed E-state index contributed by atoms with van der Waals surface area (Å²) in [7, 11) is 0. The summed E-state index contributed by atoms with van der Waals surface area (Å²) in [5, 5.41) is 5.79. The van der Waals surface area contributed by atoms with E-state index in [9.17, 15) is 9.59 Å². The van der Waals surface area contributed by atoms with E-state index in [2.05, 4.69) is 15.6 Å². The number of likely N-dealkylation sites (N-methyl/N-ethyl adjacent to an activating group) is 1. The molecule has 0 fully saturated rings. The van der Waals surface area contributed by atoms with Crippen LogP contribution in [0.15, 0.2) is 18.3 Å². The van der Waals surface area contributed by atoms with Gasteiger partial charge in [0.2, 0.25) is 5.91 Å². The number of nitrogens with zero attached hydrogens (tertiary/aromatic N) is 1. The van der Waals surface area contributed by atoms with E-state index in [4.69, 9.17) is 5.73 Å². The number of carbonyl (C=O) groups excluding carboxylic acids is 2. The molecule has 0 unspecified atom stereocenters. The van der Waals surface area contributed by atoms with Gasteiger partial charge in [-0.1, -0.05) is 6.92 Å². The Morgan fingerprint density at radius 3 is 2.65 bits per heavy atom. The quantitative estimate of drug-likeness (QED) is 0.581. The number of primary amides is 1. The number of carbonyl (C=O) groups is 2. The molecular weight excluding hydrogens is 220 g/mol. The van der Waals surface area contributed by atoms with Gasteiger partial charge in [-0.05, 0) is 18.7 Å². The summed E-state index contributed by atoms with van der Waals surface area (Å²) in [6.07, 6.45) is 1.29. The van der Waals surface area contributed by atoms with Gasteiger partial charge in [-0.3, -0.25) is 14.6 Å². The fourth-order valence-electron chi connectivity index (χ4n) is 1.21. The molecule has 2 amide bonds. The van der Waals surface area contributed by atoms with Crippen LogP contribution < -0.4 is 16.4 Å². The fraction of sp³-hybridized carbons (Fsp3) is 0.364. The lowest BCUT2D eigenvalue weighted by Crippen LogP contribution is -2.32. The Morgan fingerprint density at radius 2 is 2.12 bits per heavy atom. The Labute approximate surface area is 99.6 Å². The van der Waals surface area contributed by atoms with Crippen LogP contribution in [-0.4, -0.2) is 36.4 Å². The lowest BCUT2D eigenvalue weighted by atomic mass is 10.2. The van der Waals surface area contributed by atoms with E-state index in [1.54, 1.807) is 0 Å². The molecule has 4 N–H and O–H groups in total. The van der Waals surface area contributed by atoms with Gasteiger partial charge < -0.3 is 16.4 Å². The zero-order chi connectivity index (χ0) is 12.7. The summed E-state index contributed by atoms with van der Waals surface area (Å²) in [5.41, 5.74) is 5.62. The number of nitrogens with two attached hydrogens (primary N) is 1. The normalized spacial score (nSPS) is 9.94. The Kier molecular flexibility index (Phi) is 5.09. The SMILES string of the molecule is CCNCCNC(=O)c1ccc(C(N)=O)cn1. The number of rotatable bonds is 6. The van der Waals surface area contributed by atoms with Gasteiger partial charge in [0, 0.05) is 19.3 Å². The van der Waals surface area contributed by atoms with Gasteiger partial charge in [0.05, 0.1) is 5.56 Å². The minimum absolute atomic E-state index is 0.265. The number of hydrogen-bond donors (Lipinski definition) is 3. The molecule has 0 aliphatic heterocycles. The first-order chi connectivity index (χ1) is 8.15. The van der Waals surface area contributed by atoms with Crippen LogP contribution >= 0.6 is 0 Å². The summed E-state index contributed by atoms with van der Waals surface area (Å²) >= 11 is 0. The van der Waals surface area contributed by atoms with E-state index < -0.39 is 5.91 Å². The monoisotopic (exact) mass is 236 g/mol. The van der Waals surface area contributed by atoms with Crippen LogP contribution in [0, 0.1) is 0 Å².